The summed E-state index contributed by atoms with van der Waals surface area (Å²) in [6.07, 6.45) is -0.533. The van der Waals surface area contributed by atoms with Gasteiger partial charge in [-0.2, -0.15) is 0 Å². The number of fused-ring (bicyclic) bond motifs is 9. The Bertz CT molecular complexity index is 3010. The lowest BCUT2D eigenvalue weighted by atomic mass is 10.00. The maximum absolute atomic E-state index is 6.71. The third-order valence-corrected chi connectivity index (χ3v) is 11.4. The Balaban J connectivity index is 1.08. The summed E-state index contributed by atoms with van der Waals surface area (Å²) in [4.78, 5) is 5.37. The Labute approximate surface area is 296 Å². The van der Waals surface area contributed by atoms with Crippen molar-refractivity contribution < 1.29 is 8.83 Å². The molecule has 0 fully saturated rings. The van der Waals surface area contributed by atoms with Crippen molar-refractivity contribution in [2.75, 3.05) is 0 Å². The van der Waals surface area contributed by atoms with Gasteiger partial charge in [-0.3, -0.25) is 5.32 Å². The molecule has 3 aromatic heterocycles. The number of aliphatic imine (C=N–C) groups is 1. The van der Waals surface area contributed by atoms with Gasteiger partial charge in [0.2, 0.25) is 0 Å². The molecule has 2 N–H and O–H groups in total. The predicted molar refractivity (Wildman–Crippen MR) is 210 cm³/mol. The van der Waals surface area contributed by atoms with Crippen LogP contribution in [-0.2, 0) is 0 Å². The lowest BCUT2D eigenvalue weighted by Gasteiger charge is -2.32. The third kappa shape index (κ3) is 4.47. The summed E-state index contributed by atoms with van der Waals surface area (Å²) in [6, 6.07) is 53.1. The van der Waals surface area contributed by atoms with Crippen LogP contribution in [0.5, 0.6) is 0 Å². The van der Waals surface area contributed by atoms with E-state index in [2.05, 4.69) is 132 Å². The smallest absolute Gasteiger partial charge is 0.146 e. The van der Waals surface area contributed by atoms with E-state index in [0.29, 0.717) is 0 Å². The van der Waals surface area contributed by atoms with Crippen molar-refractivity contribution >= 4 is 81.2 Å². The first-order valence-corrected chi connectivity index (χ1v) is 18.0. The molecule has 0 saturated carbocycles. The Kier molecular flexibility index (Phi) is 6.26. The fourth-order valence-electron chi connectivity index (χ4n) is 7.83. The molecule has 242 valence electrons. The van der Waals surface area contributed by atoms with E-state index in [0.717, 1.165) is 66.4 Å². The molecule has 2 unspecified atom stereocenters. The van der Waals surface area contributed by atoms with Gasteiger partial charge in [-0.25, -0.2) is 4.99 Å². The van der Waals surface area contributed by atoms with Crippen molar-refractivity contribution in [3.63, 3.8) is 0 Å². The molecular formula is C45H29N3O2S. The molecule has 0 aliphatic carbocycles. The number of benzene rings is 7. The number of hydrogen-bond acceptors (Lipinski definition) is 6. The summed E-state index contributed by atoms with van der Waals surface area (Å²) in [5.41, 5.74) is 8.91. The average Bonchev–Trinajstić information content (AvgIpc) is 3.89. The summed E-state index contributed by atoms with van der Waals surface area (Å²) < 4.78 is 15.6. The maximum Gasteiger partial charge on any atom is 0.146 e. The summed E-state index contributed by atoms with van der Waals surface area (Å²) in [6.45, 7) is 0. The van der Waals surface area contributed by atoms with Crippen LogP contribution in [0.15, 0.2) is 165 Å². The minimum Gasteiger partial charge on any atom is -0.456 e. The van der Waals surface area contributed by atoms with Gasteiger partial charge < -0.3 is 14.2 Å². The zero-order valence-corrected chi connectivity index (χ0v) is 28.1. The fourth-order valence-corrected chi connectivity index (χ4v) is 9.07. The number of amidine groups is 1. The molecule has 0 saturated heterocycles. The van der Waals surface area contributed by atoms with E-state index in [-0.39, 0.29) is 12.3 Å². The van der Waals surface area contributed by atoms with E-state index in [9.17, 15) is 0 Å². The SMILES string of the molecule is c1ccc(C2NC(c3cccc4c3oc3ccc(-c5cccc6c5sc5ccccc56)cc34)=NC(c3cccc4oc5ccccc5c34)N2)cc1. The Morgan fingerprint density at radius 2 is 1.27 bits per heavy atom. The zero-order valence-electron chi connectivity index (χ0n) is 27.3. The van der Waals surface area contributed by atoms with Gasteiger partial charge in [-0.15, -0.1) is 11.3 Å². The van der Waals surface area contributed by atoms with Crippen LogP contribution in [0.4, 0.5) is 0 Å². The van der Waals surface area contributed by atoms with Gasteiger partial charge >= 0.3 is 0 Å². The van der Waals surface area contributed by atoms with Crippen LogP contribution >= 0.6 is 11.3 Å². The second kappa shape index (κ2) is 11.2. The number of rotatable bonds is 4. The van der Waals surface area contributed by atoms with Gasteiger partial charge in [0.1, 0.15) is 40.5 Å². The van der Waals surface area contributed by atoms with E-state index in [1.54, 1.807) is 0 Å². The summed E-state index contributed by atoms with van der Waals surface area (Å²) >= 11 is 1.85. The van der Waals surface area contributed by atoms with Crippen molar-refractivity contribution in [1.82, 2.24) is 10.6 Å². The average molecular weight is 676 g/mol. The van der Waals surface area contributed by atoms with E-state index >= 15 is 0 Å². The van der Waals surface area contributed by atoms with Gasteiger partial charge in [0.05, 0.1) is 5.56 Å². The van der Waals surface area contributed by atoms with Gasteiger partial charge in [0, 0.05) is 47.3 Å². The predicted octanol–water partition coefficient (Wildman–Crippen LogP) is 11.9. The Hall–Kier alpha value is -6.21. The van der Waals surface area contributed by atoms with Crippen LogP contribution in [0.25, 0.3) is 75.2 Å². The van der Waals surface area contributed by atoms with Crippen molar-refractivity contribution in [2.24, 2.45) is 4.99 Å². The molecule has 5 nitrogen and oxygen atoms in total. The molecule has 0 bridgehead atoms. The first kappa shape index (κ1) is 28.6. The molecule has 0 amide bonds. The van der Waals surface area contributed by atoms with E-state index in [4.69, 9.17) is 13.8 Å². The third-order valence-electron chi connectivity index (χ3n) is 10.2. The highest BCUT2D eigenvalue weighted by atomic mass is 32.1. The second-order valence-electron chi connectivity index (χ2n) is 13.1. The highest BCUT2D eigenvalue weighted by Gasteiger charge is 2.29. The first-order chi connectivity index (χ1) is 25.3. The Morgan fingerprint density at radius 3 is 2.20 bits per heavy atom. The first-order valence-electron chi connectivity index (χ1n) is 17.2. The van der Waals surface area contributed by atoms with E-state index in [1.807, 2.05) is 41.7 Å². The van der Waals surface area contributed by atoms with Gasteiger partial charge in [0.15, 0.2) is 0 Å². The number of thiophene rings is 1. The molecule has 0 spiro atoms. The fraction of sp³-hybridized carbons (Fsp3) is 0.0444. The van der Waals surface area contributed by atoms with Crippen LogP contribution in [0.1, 0.15) is 29.0 Å². The van der Waals surface area contributed by atoms with Gasteiger partial charge in [-0.05, 0) is 53.1 Å². The molecule has 10 aromatic rings. The van der Waals surface area contributed by atoms with Crippen molar-refractivity contribution in [3.8, 4) is 11.1 Å². The number of para-hydroxylation sites is 2. The van der Waals surface area contributed by atoms with E-state index in [1.165, 1.54) is 31.3 Å². The normalized spacial score (nSPS) is 16.4. The topological polar surface area (TPSA) is 62.7 Å². The molecule has 7 aromatic carbocycles. The van der Waals surface area contributed by atoms with Crippen LogP contribution < -0.4 is 10.6 Å². The summed E-state index contributed by atoms with van der Waals surface area (Å²) in [7, 11) is 0. The second-order valence-corrected chi connectivity index (χ2v) is 14.2. The zero-order chi connectivity index (χ0) is 33.5. The van der Waals surface area contributed by atoms with Crippen LogP contribution in [0, 0.1) is 0 Å². The van der Waals surface area contributed by atoms with Gasteiger partial charge in [0.25, 0.3) is 0 Å². The molecule has 1 aliphatic rings. The minimum atomic E-state index is -0.343. The quantitative estimate of drug-likeness (QED) is 0.195. The number of hydrogen-bond donors (Lipinski definition) is 2. The molecule has 51 heavy (non-hydrogen) atoms. The standard InChI is InChI=1S/C45H29N3O2S/c1-2-11-26(12-3-1)43-46-44(33-18-10-21-38-40(33)32-14-4-6-20-36(32)49-38)48-45(47-43)34-19-9-16-30-35-25-27(23-24-37(35)50-41(30)34)28-15-8-17-31-29-13-5-7-22-39(29)51-42(28)31/h1-25,43-44,46H,(H,47,48). The van der Waals surface area contributed by atoms with Crippen molar-refractivity contribution in [1.29, 1.82) is 0 Å². The molecule has 2 atom stereocenters. The van der Waals surface area contributed by atoms with Crippen LogP contribution in [0.2, 0.25) is 0 Å². The molecular weight excluding hydrogens is 647 g/mol. The van der Waals surface area contributed by atoms with E-state index < -0.39 is 0 Å². The number of nitrogens with one attached hydrogen (secondary N) is 2. The molecule has 0 radical (unpaired) electrons. The highest BCUT2D eigenvalue weighted by Crippen LogP contribution is 2.42. The highest BCUT2D eigenvalue weighted by molar-refractivity contribution is 7.26. The van der Waals surface area contributed by atoms with Crippen molar-refractivity contribution in [3.05, 3.63) is 168 Å². The lowest BCUT2D eigenvalue weighted by molar-refractivity contribution is 0.410. The van der Waals surface area contributed by atoms with Crippen LogP contribution in [0.3, 0.4) is 0 Å². The van der Waals surface area contributed by atoms with Gasteiger partial charge in [-0.1, -0.05) is 115 Å². The summed E-state index contributed by atoms with van der Waals surface area (Å²) in [5.74, 6) is 0.775. The lowest BCUT2D eigenvalue weighted by Crippen LogP contribution is -2.45. The maximum atomic E-state index is 6.71. The minimum absolute atomic E-state index is 0.190. The molecule has 1 aliphatic heterocycles. The monoisotopic (exact) mass is 675 g/mol. The number of furan rings is 2. The van der Waals surface area contributed by atoms with Crippen molar-refractivity contribution in [2.45, 2.75) is 12.3 Å². The number of nitrogens with zero attached hydrogens (tertiary/aromatic N) is 1. The molecule has 11 rings (SSSR count). The van der Waals surface area contributed by atoms with Crippen LogP contribution in [-0.4, -0.2) is 5.84 Å². The molecule has 6 heteroatoms. The molecule has 4 heterocycles. The largest absolute Gasteiger partial charge is 0.456 e. The summed E-state index contributed by atoms with van der Waals surface area (Å²) in [5, 5.41) is 14.4. The Morgan fingerprint density at radius 1 is 0.549 bits per heavy atom.